The second kappa shape index (κ2) is 9.82. The predicted molar refractivity (Wildman–Crippen MR) is 105 cm³/mol. The van der Waals surface area contributed by atoms with E-state index in [1.807, 2.05) is 0 Å². The van der Waals surface area contributed by atoms with E-state index in [2.05, 4.69) is 20.4 Å². The lowest BCUT2D eigenvalue weighted by Gasteiger charge is -2.12. The molecule has 0 aliphatic heterocycles. The summed E-state index contributed by atoms with van der Waals surface area (Å²) in [6, 6.07) is 10.5. The number of rotatable bonds is 7. The molecule has 0 unspecified atom stereocenters. The van der Waals surface area contributed by atoms with E-state index in [1.165, 1.54) is 48.7 Å². The highest BCUT2D eigenvalue weighted by molar-refractivity contribution is 5.89. The van der Waals surface area contributed by atoms with Crippen LogP contribution in [0.1, 0.15) is 11.3 Å². The predicted octanol–water partition coefficient (Wildman–Crippen LogP) is 4.66. The molecule has 11 heteroatoms. The van der Waals surface area contributed by atoms with Crippen molar-refractivity contribution in [3.05, 3.63) is 65.8 Å². The number of nitrogens with zero attached hydrogens (tertiary/aromatic N) is 2. The number of nitriles is 1. The molecule has 0 aliphatic rings. The van der Waals surface area contributed by atoms with Crippen LogP contribution in [0.3, 0.4) is 0 Å². The summed E-state index contributed by atoms with van der Waals surface area (Å²) in [5, 5.41) is 14.2. The van der Waals surface area contributed by atoms with Crippen LogP contribution in [-0.4, -0.2) is 30.3 Å². The normalized spacial score (nSPS) is 11.0. The van der Waals surface area contributed by atoms with Crippen LogP contribution in [0.4, 0.5) is 28.0 Å². The number of halogens is 4. The lowest BCUT2D eigenvalue weighted by Crippen LogP contribution is -2.30. The molecule has 2 N–H and O–H groups in total. The zero-order chi connectivity index (χ0) is 23.1. The maximum absolute atomic E-state index is 13.0. The number of anilines is 1. The number of urea groups is 1. The van der Waals surface area contributed by atoms with Crippen LogP contribution in [0.25, 0.3) is 11.5 Å². The van der Waals surface area contributed by atoms with Gasteiger partial charge in [-0.05, 0) is 42.5 Å². The zero-order valence-corrected chi connectivity index (χ0v) is 16.4. The van der Waals surface area contributed by atoms with Crippen LogP contribution in [0, 0.1) is 17.1 Å². The van der Waals surface area contributed by atoms with Crippen LogP contribution in [-0.2, 0) is 6.42 Å². The Balaban J connectivity index is 1.50. The number of benzene rings is 2. The molecule has 0 atom stereocenters. The third-order valence-electron chi connectivity index (χ3n) is 4.06. The van der Waals surface area contributed by atoms with Crippen molar-refractivity contribution in [3.63, 3.8) is 0 Å². The number of ether oxygens (including phenoxy) is 1. The first-order valence-electron chi connectivity index (χ1n) is 9.22. The van der Waals surface area contributed by atoms with Crippen molar-refractivity contribution in [2.45, 2.75) is 12.6 Å². The summed E-state index contributed by atoms with van der Waals surface area (Å²) in [5.74, 6) is -0.291. The van der Waals surface area contributed by atoms with E-state index >= 15 is 0 Å². The molecule has 2 aromatic carbocycles. The van der Waals surface area contributed by atoms with Gasteiger partial charge in [0.05, 0.1) is 11.3 Å². The summed E-state index contributed by atoms with van der Waals surface area (Å²) in [6.45, 7) is -1.32. The van der Waals surface area contributed by atoms with Crippen LogP contribution in [0.5, 0.6) is 5.75 Å². The van der Waals surface area contributed by atoms with Gasteiger partial charge in [-0.25, -0.2) is 14.2 Å². The van der Waals surface area contributed by atoms with Crippen LogP contribution >= 0.6 is 0 Å². The topological polar surface area (TPSA) is 100 Å². The van der Waals surface area contributed by atoms with Gasteiger partial charge in [0, 0.05) is 24.2 Å². The Morgan fingerprint density at radius 1 is 1.19 bits per heavy atom. The second-order valence-electron chi connectivity index (χ2n) is 6.51. The Labute approximate surface area is 179 Å². The fourth-order valence-electron chi connectivity index (χ4n) is 2.61. The highest BCUT2D eigenvalue weighted by atomic mass is 19.4. The molecule has 166 valence electrons. The van der Waals surface area contributed by atoms with Gasteiger partial charge in [0.15, 0.2) is 6.61 Å². The Bertz CT molecular complexity index is 1120. The van der Waals surface area contributed by atoms with Crippen molar-refractivity contribution >= 4 is 11.7 Å². The van der Waals surface area contributed by atoms with Gasteiger partial charge in [-0.1, -0.05) is 0 Å². The number of carbonyl (C=O) groups excluding carboxylic acids is 1. The molecular formula is C21H16F4N4O3. The van der Waals surface area contributed by atoms with Crippen molar-refractivity contribution in [3.8, 4) is 23.3 Å². The quantitative estimate of drug-likeness (QED) is 0.512. The van der Waals surface area contributed by atoms with Crippen molar-refractivity contribution < 1.29 is 31.5 Å². The monoisotopic (exact) mass is 448 g/mol. The first kappa shape index (κ1) is 22.6. The number of hydrogen-bond donors (Lipinski definition) is 2. The maximum atomic E-state index is 13.0. The Hall–Kier alpha value is -4.07. The minimum Gasteiger partial charge on any atom is -0.483 e. The average Bonchev–Trinajstić information content (AvgIpc) is 3.21. The Morgan fingerprint density at radius 2 is 1.94 bits per heavy atom. The minimum absolute atomic E-state index is 0.150. The zero-order valence-electron chi connectivity index (χ0n) is 16.4. The van der Waals surface area contributed by atoms with E-state index in [9.17, 15) is 22.4 Å². The van der Waals surface area contributed by atoms with E-state index in [0.717, 1.165) is 0 Å². The molecule has 0 bridgehead atoms. The smallest absolute Gasteiger partial charge is 0.422 e. The van der Waals surface area contributed by atoms with E-state index in [1.54, 1.807) is 6.07 Å². The van der Waals surface area contributed by atoms with Gasteiger partial charge < -0.3 is 19.8 Å². The van der Waals surface area contributed by atoms with E-state index in [0.29, 0.717) is 23.6 Å². The van der Waals surface area contributed by atoms with Gasteiger partial charge in [-0.3, -0.25) is 0 Å². The lowest BCUT2D eigenvalue weighted by atomic mass is 10.2. The summed E-state index contributed by atoms with van der Waals surface area (Å²) >= 11 is 0. The number of carbonyl (C=O) groups is 1. The molecule has 0 saturated heterocycles. The van der Waals surface area contributed by atoms with E-state index in [4.69, 9.17) is 9.68 Å². The number of hydrogen-bond acceptors (Lipinski definition) is 5. The van der Waals surface area contributed by atoms with Gasteiger partial charge in [0.1, 0.15) is 23.9 Å². The lowest BCUT2D eigenvalue weighted by molar-refractivity contribution is -0.153. The molecule has 3 rings (SSSR count). The van der Waals surface area contributed by atoms with Crippen LogP contribution < -0.4 is 15.4 Å². The second-order valence-corrected chi connectivity index (χ2v) is 6.51. The molecular weight excluding hydrogens is 432 g/mol. The molecule has 0 fully saturated rings. The molecule has 0 spiro atoms. The van der Waals surface area contributed by atoms with Crippen molar-refractivity contribution in [2.75, 3.05) is 18.5 Å². The standard InChI is InChI=1S/C21H16F4N4O3/c22-15-3-1-13(2-4-15)19-28-17(11-31-19)7-8-27-20(30)29-16-5-6-18(14(9-16)10-26)32-12-21(23,24)25/h1-6,9,11H,7-8,12H2,(H2,27,29,30). The molecule has 7 nitrogen and oxygen atoms in total. The summed E-state index contributed by atoms with van der Waals surface area (Å²) in [5.41, 5.74) is 1.24. The Kier molecular flexibility index (Phi) is 6.94. The van der Waals surface area contributed by atoms with Gasteiger partial charge in [0.25, 0.3) is 0 Å². The number of amides is 2. The van der Waals surface area contributed by atoms with Crippen LogP contribution in [0.15, 0.2) is 53.1 Å². The number of alkyl halides is 3. The molecule has 1 heterocycles. The van der Waals surface area contributed by atoms with Crippen molar-refractivity contribution in [2.24, 2.45) is 0 Å². The summed E-state index contributed by atoms with van der Waals surface area (Å²) in [7, 11) is 0. The minimum atomic E-state index is -4.53. The molecule has 3 aromatic rings. The van der Waals surface area contributed by atoms with Gasteiger partial charge in [-0.2, -0.15) is 18.4 Å². The molecule has 1 aromatic heterocycles. The summed E-state index contributed by atoms with van der Waals surface area (Å²) in [6.07, 6.45) is -2.75. The summed E-state index contributed by atoms with van der Waals surface area (Å²) < 4.78 is 59.8. The van der Waals surface area contributed by atoms with Gasteiger partial charge >= 0.3 is 12.2 Å². The highest BCUT2D eigenvalue weighted by Gasteiger charge is 2.28. The number of oxazole rings is 1. The molecule has 0 aliphatic carbocycles. The molecule has 0 radical (unpaired) electrons. The molecule has 32 heavy (non-hydrogen) atoms. The van der Waals surface area contributed by atoms with Gasteiger partial charge in [-0.15, -0.1) is 0 Å². The summed E-state index contributed by atoms with van der Waals surface area (Å²) in [4.78, 5) is 16.3. The third kappa shape index (κ3) is 6.46. The van der Waals surface area contributed by atoms with Crippen LogP contribution in [0.2, 0.25) is 0 Å². The fraction of sp³-hybridized carbons (Fsp3) is 0.190. The Morgan fingerprint density at radius 3 is 2.62 bits per heavy atom. The first-order valence-corrected chi connectivity index (χ1v) is 9.22. The average molecular weight is 448 g/mol. The van der Waals surface area contributed by atoms with E-state index < -0.39 is 18.8 Å². The van der Waals surface area contributed by atoms with Gasteiger partial charge in [0.2, 0.25) is 5.89 Å². The number of nitrogens with one attached hydrogen (secondary N) is 2. The number of aromatic nitrogens is 1. The SMILES string of the molecule is N#Cc1cc(NC(=O)NCCc2coc(-c3ccc(F)cc3)n2)ccc1OCC(F)(F)F. The van der Waals surface area contributed by atoms with E-state index in [-0.39, 0.29) is 29.4 Å². The largest absolute Gasteiger partial charge is 0.483 e. The molecule has 0 saturated carbocycles. The first-order chi connectivity index (χ1) is 15.2. The molecule has 2 amide bonds. The third-order valence-corrected chi connectivity index (χ3v) is 4.06. The van der Waals surface area contributed by atoms with Crippen molar-refractivity contribution in [1.29, 1.82) is 5.26 Å². The van der Waals surface area contributed by atoms with Crippen molar-refractivity contribution in [1.82, 2.24) is 10.3 Å². The highest BCUT2D eigenvalue weighted by Crippen LogP contribution is 2.25. The fourth-order valence-corrected chi connectivity index (χ4v) is 2.61. The maximum Gasteiger partial charge on any atom is 0.422 e.